The summed E-state index contributed by atoms with van der Waals surface area (Å²) in [5.41, 5.74) is 8.73. The van der Waals surface area contributed by atoms with Crippen molar-refractivity contribution in [3.63, 3.8) is 0 Å². The highest BCUT2D eigenvalue weighted by Gasteiger charge is 2.36. The molecule has 0 aliphatic carbocycles. The van der Waals surface area contributed by atoms with Crippen LogP contribution in [-0.2, 0) is 0 Å². The third kappa shape index (κ3) is 2.61. The topological polar surface area (TPSA) is 149 Å². The number of aromatic amines is 1. The SMILES string of the molecule is N#CC1=C(N)Oc2n[nH]c(-c3ccc4c(c3)OCO4)c2[C@H]1c1ccc([N+](=O)[O-])cc1. The van der Waals surface area contributed by atoms with E-state index >= 15 is 0 Å². The number of hydrogen-bond donors (Lipinski definition) is 2. The second kappa shape index (κ2) is 6.52. The molecule has 2 aliphatic rings. The van der Waals surface area contributed by atoms with Gasteiger partial charge in [0.05, 0.1) is 22.1 Å². The molecular formula is C20H13N5O5. The highest BCUT2D eigenvalue weighted by molar-refractivity contribution is 5.73. The normalized spacial score (nSPS) is 16.6. The first-order chi connectivity index (χ1) is 14.6. The molecule has 0 bridgehead atoms. The lowest BCUT2D eigenvalue weighted by molar-refractivity contribution is -0.384. The average molecular weight is 403 g/mol. The van der Waals surface area contributed by atoms with Crippen LogP contribution in [0.25, 0.3) is 11.3 Å². The van der Waals surface area contributed by atoms with Crippen LogP contribution in [-0.4, -0.2) is 21.9 Å². The maximum atomic E-state index is 11.0. The minimum absolute atomic E-state index is 0.0512. The fourth-order valence-electron chi connectivity index (χ4n) is 3.64. The van der Waals surface area contributed by atoms with E-state index in [-0.39, 0.29) is 29.8 Å². The van der Waals surface area contributed by atoms with E-state index in [1.165, 1.54) is 12.1 Å². The molecule has 0 unspecified atom stereocenters. The number of allylic oxidation sites excluding steroid dienone is 1. The van der Waals surface area contributed by atoms with Gasteiger partial charge in [0.25, 0.3) is 5.69 Å². The van der Waals surface area contributed by atoms with E-state index in [1.807, 2.05) is 6.07 Å². The van der Waals surface area contributed by atoms with Crippen molar-refractivity contribution in [1.29, 1.82) is 5.26 Å². The van der Waals surface area contributed by atoms with Gasteiger partial charge in [-0.05, 0) is 23.8 Å². The third-order valence-corrected chi connectivity index (χ3v) is 5.04. The van der Waals surface area contributed by atoms with E-state index in [1.54, 1.807) is 24.3 Å². The lowest BCUT2D eigenvalue weighted by atomic mass is 9.83. The second-order valence-corrected chi connectivity index (χ2v) is 6.66. The molecule has 148 valence electrons. The van der Waals surface area contributed by atoms with Crippen molar-refractivity contribution in [2.75, 3.05) is 6.79 Å². The number of nitrogens with zero attached hydrogens (tertiary/aromatic N) is 3. The molecule has 0 radical (unpaired) electrons. The van der Waals surface area contributed by atoms with Gasteiger partial charge in [-0.15, -0.1) is 5.10 Å². The molecule has 1 atom stereocenters. The Balaban J connectivity index is 1.67. The van der Waals surface area contributed by atoms with Crippen molar-refractivity contribution < 1.29 is 19.1 Å². The van der Waals surface area contributed by atoms with Crippen LogP contribution in [0.15, 0.2) is 53.9 Å². The first kappa shape index (κ1) is 17.6. The summed E-state index contributed by atoms with van der Waals surface area (Å²) in [6.45, 7) is 0.145. The van der Waals surface area contributed by atoms with E-state index in [2.05, 4.69) is 16.3 Å². The monoisotopic (exact) mass is 403 g/mol. The number of nitrogens with one attached hydrogen (secondary N) is 1. The van der Waals surface area contributed by atoms with E-state index in [0.29, 0.717) is 28.3 Å². The summed E-state index contributed by atoms with van der Waals surface area (Å²) in [5.74, 6) is 0.797. The van der Waals surface area contributed by atoms with Gasteiger partial charge in [-0.25, -0.2) is 0 Å². The number of ether oxygens (including phenoxy) is 3. The Hall–Kier alpha value is -4.52. The molecule has 0 amide bonds. The third-order valence-electron chi connectivity index (χ3n) is 5.04. The molecule has 0 saturated carbocycles. The molecule has 3 N–H and O–H groups in total. The highest BCUT2D eigenvalue weighted by Crippen LogP contribution is 2.47. The van der Waals surface area contributed by atoms with Gasteiger partial charge in [0.1, 0.15) is 11.6 Å². The van der Waals surface area contributed by atoms with Crippen LogP contribution in [0.1, 0.15) is 17.0 Å². The van der Waals surface area contributed by atoms with Gasteiger partial charge < -0.3 is 19.9 Å². The number of non-ortho nitro benzene ring substituents is 1. The lowest BCUT2D eigenvalue weighted by Crippen LogP contribution is -2.21. The Morgan fingerprint density at radius 1 is 1.20 bits per heavy atom. The van der Waals surface area contributed by atoms with Gasteiger partial charge in [-0.3, -0.25) is 15.2 Å². The number of nitro benzene ring substituents is 1. The fourth-order valence-corrected chi connectivity index (χ4v) is 3.64. The van der Waals surface area contributed by atoms with E-state index < -0.39 is 10.8 Å². The molecule has 5 rings (SSSR count). The molecule has 10 nitrogen and oxygen atoms in total. The highest BCUT2D eigenvalue weighted by atomic mass is 16.7. The maximum absolute atomic E-state index is 11.0. The number of H-pyrrole nitrogens is 1. The Morgan fingerprint density at radius 3 is 2.70 bits per heavy atom. The lowest BCUT2D eigenvalue weighted by Gasteiger charge is -2.24. The number of fused-ring (bicyclic) bond motifs is 2. The number of nitro groups is 1. The molecular weight excluding hydrogens is 390 g/mol. The van der Waals surface area contributed by atoms with Crippen molar-refractivity contribution >= 4 is 5.69 Å². The number of nitriles is 1. The summed E-state index contributed by atoms with van der Waals surface area (Å²) in [6.07, 6.45) is 0. The molecule has 1 aromatic heterocycles. The summed E-state index contributed by atoms with van der Waals surface area (Å²) in [7, 11) is 0. The largest absolute Gasteiger partial charge is 0.454 e. The zero-order valence-corrected chi connectivity index (χ0v) is 15.3. The van der Waals surface area contributed by atoms with Gasteiger partial charge >= 0.3 is 0 Å². The van der Waals surface area contributed by atoms with Gasteiger partial charge in [-0.1, -0.05) is 12.1 Å². The van der Waals surface area contributed by atoms with Crippen LogP contribution in [0.2, 0.25) is 0 Å². The second-order valence-electron chi connectivity index (χ2n) is 6.66. The number of nitrogens with two attached hydrogens (primary N) is 1. The molecule has 3 aromatic rings. The molecule has 3 heterocycles. The number of hydrogen-bond acceptors (Lipinski definition) is 8. The van der Waals surface area contributed by atoms with Crippen LogP contribution >= 0.6 is 0 Å². The van der Waals surface area contributed by atoms with Crippen LogP contribution in [0, 0.1) is 21.4 Å². The molecule has 0 saturated heterocycles. The summed E-state index contributed by atoms with van der Waals surface area (Å²) >= 11 is 0. The van der Waals surface area contributed by atoms with Crippen molar-refractivity contribution in [3.05, 3.63) is 75.2 Å². The van der Waals surface area contributed by atoms with E-state index in [4.69, 9.17) is 19.9 Å². The molecule has 0 fully saturated rings. The van der Waals surface area contributed by atoms with Gasteiger partial charge in [0.2, 0.25) is 18.6 Å². The molecule has 10 heteroatoms. The predicted molar refractivity (Wildman–Crippen MR) is 103 cm³/mol. The van der Waals surface area contributed by atoms with Crippen molar-refractivity contribution in [1.82, 2.24) is 10.2 Å². The molecule has 2 aliphatic heterocycles. The summed E-state index contributed by atoms with van der Waals surface area (Å²) < 4.78 is 16.4. The Kier molecular flexibility index (Phi) is 3.82. The Labute approximate surface area is 169 Å². The summed E-state index contributed by atoms with van der Waals surface area (Å²) in [6, 6.07) is 13.5. The van der Waals surface area contributed by atoms with Gasteiger partial charge in [0.15, 0.2) is 11.5 Å². The number of benzene rings is 2. The predicted octanol–water partition coefficient (Wildman–Crippen LogP) is 2.93. The van der Waals surface area contributed by atoms with Crippen LogP contribution in [0.4, 0.5) is 5.69 Å². The minimum Gasteiger partial charge on any atom is -0.454 e. The van der Waals surface area contributed by atoms with Crippen LogP contribution in [0.3, 0.4) is 0 Å². The number of aromatic nitrogens is 2. The van der Waals surface area contributed by atoms with Crippen molar-refractivity contribution in [2.45, 2.75) is 5.92 Å². The van der Waals surface area contributed by atoms with Crippen molar-refractivity contribution in [3.8, 4) is 34.7 Å². The Bertz CT molecular complexity index is 1260. The minimum atomic E-state index is -0.612. The zero-order valence-electron chi connectivity index (χ0n) is 15.3. The summed E-state index contributed by atoms with van der Waals surface area (Å²) in [5, 5.41) is 27.9. The van der Waals surface area contributed by atoms with Crippen LogP contribution in [0.5, 0.6) is 17.4 Å². The fraction of sp³-hybridized carbons (Fsp3) is 0.100. The zero-order chi connectivity index (χ0) is 20.8. The smallest absolute Gasteiger partial charge is 0.269 e. The molecule has 30 heavy (non-hydrogen) atoms. The molecule has 0 spiro atoms. The van der Waals surface area contributed by atoms with E-state index in [9.17, 15) is 15.4 Å². The summed E-state index contributed by atoms with van der Waals surface area (Å²) in [4.78, 5) is 10.5. The average Bonchev–Trinajstić information content (AvgIpc) is 3.38. The number of rotatable bonds is 3. The maximum Gasteiger partial charge on any atom is 0.269 e. The van der Waals surface area contributed by atoms with Gasteiger partial charge in [0, 0.05) is 17.7 Å². The van der Waals surface area contributed by atoms with Crippen LogP contribution < -0.4 is 19.9 Å². The quantitative estimate of drug-likeness (QED) is 0.501. The standard InChI is InChI=1S/C20H13N5O5/c21-8-13-16(10-1-4-12(5-2-10)25(26)27)17-18(23-24-20(17)30-19(13)22)11-3-6-14-15(7-11)29-9-28-14/h1-7,16H,9,22H2,(H,23,24)/t16-/m0/s1. The molecule has 2 aromatic carbocycles. The van der Waals surface area contributed by atoms with Crippen molar-refractivity contribution in [2.24, 2.45) is 5.73 Å². The van der Waals surface area contributed by atoms with Gasteiger partial charge in [-0.2, -0.15) is 5.26 Å². The Morgan fingerprint density at radius 2 is 1.97 bits per heavy atom. The van der Waals surface area contributed by atoms with E-state index in [0.717, 1.165) is 5.56 Å². The first-order valence-electron chi connectivity index (χ1n) is 8.87. The first-order valence-corrected chi connectivity index (χ1v) is 8.87.